The van der Waals surface area contributed by atoms with Gasteiger partial charge in [0.05, 0.1) is 23.5 Å². The van der Waals surface area contributed by atoms with Gasteiger partial charge in [-0.15, -0.1) is 10.2 Å². The van der Waals surface area contributed by atoms with Crippen molar-refractivity contribution < 1.29 is 43.2 Å². The van der Waals surface area contributed by atoms with Crippen LogP contribution >= 0.6 is 22.6 Å². The predicted molar refractivity (Wildman–Crippen MR) is 230 cm³/mol. The Labute approximate surface area is 364 Å². The van der Waals surface area contributed by atoms with Gasteiger partial charge in [-0.25, -0.2) is 14.2 Å². The number of carbonyl (C=O) groups excluding carboxylic acids is 3. The van der Waals surface area contributed by atoms with Crippen LogP contribution < -0.4 is 27.1 Å². The summed E-state index contributed by atoms with van der Waals surface area (Å²) in [6, 6.07) is 11.4. The second-order valence-electron chi connectivity index (χ2n) is 14.4. The number of phenolic OH excluding ortho intramolecular Hbond substituents is 2. The normalized spacial score (nSPS) is 12.3. The molecule has 2 amide bonds. The molecule has 1 unspecified atom stereocenters. The van der Waals surface area contributed by atoms with Crippen molar-refractivity contribution in [3.8, 4) is 28.6 Å². The van der Waals surface area contributed by atoms with E-state index in [2.05, 4.69) is 31.1 Å². The summed E-state index contributed by atoms with van der Waals surface area (Å²) in [7, 11) is 1.21. The van der Waals surface area contributed by atoms with Gasteiger partial charge in [0.1, 0.15) is 47.8 Å². The minimum Gasteiger partial charge on any atom is -0.508 e. The summed E-state index contributed by atoms with van der Waals surface area (Å²) in [4.78, 5) is 69.5. The van der Waals surface area contributed by atoms with Crippen LogP contribution in [0.3, 0.4) is 0 Å². The van der Waals surface area contributed by atoms with E-state index >= 15 is 4.39 Å². The van der Waals surface area contributed by atoms with Crippen LogP contribution in [0, 0.1) is 15.2 Å². The average molecular weight is 968 g/mol. The van der Waals surface area contributed by atoms with Gasteiger partial charge < -0.3 is 36.0 Å². The second kappa shape index (κ2) is 18.5. The molecule has 0 saturated carbocycles. The van der Waals surface area contributed by atoms with Crippen LogP contribution in [0.25, 0.3) is 28.1 Å². The molecule has 324 valence electrons. The van der Waals surface area contributed by atoms with Gasteiger partial charge in [-0.2, -0.15) is 4.39 Å². The lowest BCUT2D eigenvalue weighted by atomic mass is 9.98. The van der Waals surface area contributed by atoms with Gasteiger partial charge >= 0.3 is 5.97 Å². The van der Waals surface area contributed by atoms with Crippen molar-refractivity contribution in [2.45, 2.75) is 52.3 Å². The summed E-state index contributed by atoms with van der Waals surface area (Å²) >= 11 is 1.88. The number of amides is 2. The SMILES string of the molecule is CCNC(=O)c1nnc(-c2cc(C(C)C)c(O)cc2O)n1-c1ccc(C(=O)NC(C)C(=O)OC[C@H](O)Cn2cnc3c(c(Nc4ccc(I)cc4F)c(F)c(=O)n3C)c2=O)cc1. The number of hydrogen-bond acceptors (Lipinski definition) is 13. The zero-order valence-electron chi connectivity index (χ0n) is 33.7. The Balaban J connectivity index is 1.14. The third kappa shape index (κ3) is 9.12. The Bertz CT molecular complexity index is 2850. The lowest BCUT2D eigenvalue weighted by molar-refractivity contribution is -0.148. The highest BCUT2D eigenvalue weighted by atomic mass is 127. The molecule has 21 heteroatoms. The molecule has 2 atom stereocenters. The largest absolute Gasteiger partial charge is 0.508 e. The Morgan fingerprint density at radius 2 is 1.65 bits per heavy atom. The molecule has 0 fully saturated rings. The number of aromatic hydroxyl groups is 2. The number of aliphatic hydroxyl groups is 1. The number of halogens is 3. The molecule has 0 aliphatic carbocycles. The van der Waals surface area contributed by atoms with Crippen LogP contribution in [0.2, 0.25) is 0 Å². The average Bonchev–Trinajstić information content (AvgIpc) is 3.67. The van der Waals surface area contributed by atoms with E-state index in [1.54, 1.807) is 13.0 Å². The van der Waals surface area contributed by atoms with Crippen molar-refractivity contribution in [3.63, 3.8) is 0 Å². The first-order valence-electron chi connectivity index (χ1n) is 19.0. The predicted octanol–water partition coefficient (Wildman–Crippen LogP) is 3.98. The lowest BCUT2D eigenvalue weighted by Crippen LogP contribution is -2.41. The number of aryl methyl sites for hydroxylation is 1. The zero-order chi connectivity index (χ0) is 45.2. The number of anilines is 2. The molecule has 0 aliphatic rings. The Kier molecular flexibility index (Phi) is 13.3. The quantitative estimate of drug-likeness (QED) is 0.0670. The highest BCUT2D eigenvalue weighted by molar-refractivity contribution is 14.1. The number of pyridine rings is 1. The molecule has 62 heavy (non-hydrogen) atoms. The van der Waals surface area contributed by atoms with E-state index < -0.39 is 76.9 Å². The molecule has 0 saturated heterocycles. The molecule has 6 rings (SSSR count). The van der Waals surface area contributed by atoms with E-state index in [4.69, 9.17) is 4.74 Å². The number of rotatable bonds is 14. The molecule has 0 radical (unpaired) electrons. The molecule has 0 spiro atoms. The highest BCUT2D eigenvalue weighted by Crippen LogP contribution is 2.38. The Morgan fingerprint density at radius 3 is 2.31 bits per heavy atom. The number of phenols is 2. The zero-order valence-corrected chi connectivity index (χ0v) is 35.9. The van der Waals surface area contributed by atoms with Crippen molar-refractivity contribution in [1.82, 2.24) is 39.5 Å². The monoisotopic (exact) mass is 967 g/mol. The van der Waals surface area contributed by atoms with Crippen molar-refractivity contribution >= 4 is 62.8 Å². The smallest absolute Gasteiger partial charge is 0.328 e. The third-order valence-corrected chi connectivity index (χ3v) is 10.3. The number of aromatic nitrogens is 6. The van der Waals surface area contributed by atoms with Crippen molar-refractivity contribution in [2.75, 3.05) is 18.5 Å². The van der Waals surface area contributed by atoms with E-state index in [0.717, 1.165) is 15.5 Å². The van der Waals surface area contributed by atoms with E-state index in [1.807, 2.05) is 36.4 Å². The number of benzene rings is 3. The van der Waals surface area contributed by atoms with Gasteiger partial charge in [-0.05, 0) is 96.5 Å². The summed E-state index contributed by atoms with van der Waals surface area (Å²) in [6.45, 7) is 5.94. The minimum atomic E-state index is -1.50. The molecule has 3 aromatic heterocycles. The summed E-state index contributed by atoms with van der Waals surface area (Å²) < 4.78 is 38.9. The van der Waals surface area contributed by atoms with Crippen LogP contribution in [0.15, 0.2) is 70.5 Å². The number of fused-ring (bicyclic) bond motifs is 1. The van der Waals surface area contributed by atoms with Gasteiger partial charge in [0.2, 0.25) is 11.6 Å². The van der Waals surface area contributed by atoms with Crippen molar-refractivity contribution in [1.29, 1.82) is 0 Å². The number of esters is 1. The van der Waals surface area contributed by atoms with E-state index in [0.29, 0.717) is 14.8 Å². The number of hydrogen-bond donors (Lipinski definition) is 6. The molecule has 0 bridgehead atoms. The number of aliphatic hydroxyl groups excluding tert-OH is 1. The highest BCUT2D eigenvalue weighted by Gasteiger charge is 2.26. The van der Waals surface area contributed by atoms with E-state index in [-0.39, 0.29) is 58.1 Å². The maximum absolute atomic E-state index is 15.3. The van der Waals surface area contributed by atoms with Crippen LogP contribution in [0.1, 0.15) is 60.2 Å². The standard InChI is InChI=1S/C41H40F2IN9O9/c1-6-45-38(58)36-50-49-34(26-14-25(19(2)3)29(55)15-30(26)56)53(36)23-10-7-21(8-11-23)37(57)47-20(4)41(61)62-17-24(54)16-52-18-46-35-31(39(52)59)33(32(43)40(60)51(35)5)48-28-12-9-22(44)13-27(28)42/h7-15,18-20,24,48,54-56H,6,16-17H2,1-5H3,(H,45,58)(H,47,57)/t20?,24-/m1/s1. The summed E-state index contributed by atoms with van der Waals surface area (Å²) in [5, 5.41) is 47.4. The topological polar surface area (TPSA) is 245 Å². The number of nitrogens with zero attached hydrogens (tertiary/aromatic N) is 6. The fraction of sp³-hybridized carbons (Fsp3) is 0.268. The maximum Gasteiger partial charge on any atom is 0.328 e. The van der Waals surface area contributed by atoms with E-state index in [1.165, 1.54) is 67.1 Å². The molecule has 3 heterocycles. The van der Waals surface area contributed by atoms with Gasteiger partial charge in [-0.3, -0.25) is 32.9 Å². The molecule has 6 aromatic rings. The molecule has 18 nitrogen and oxygen atoms in total. The van der Waals surface area contributed by atoms with Crippen molar-refractivity contribution in [3.05, 3.63) is 114 Å². The minimum absolute atomic E-state index is 0.0836. The first-order chi connectivity index (χ1) is 29.4. The van der Waals surface area contributed by atoms with Crippen LogP contribution in [0.4, 0.5) is 20.2 Å². The van der Waals surface area contributed by atoms with Gasteiger partial charge in [0, 0.05) is 34.5 Å². The molecule has 3 aromatic carbocycles. The van der Waals surface area contributed by atoms with Crippen LogP contribution in [0.5, 0.6) is 11.5 Å². The summed E-state index contributed by atoms with van der Waals surface area (Å²) in [5.41, 5.74) is -1.90. The lowest BCUT2D eigenvalue weighted by Gasteiger charge is -2.18. The van der Waals surface area contributed by atoms with Gasteiger partial charge in [0.25, 0.3) is 22.9 Å². The van der Waals surface area contributed by atoms with Gasteiger partial charge in [0.15, 0.2) is 11.5 Å². The Hall–Kier alpha value is -6.75. The van der Waals surface area contributed by atoms with Crippen LogP contribution in [-0.2, 0) is 23.1 Å². The molecule has 0 aliphatic heterocycles. The number of carbonyl (C=O) groups is 3. The van der Waals surface area contributed by atoms with E-state index in [9.17, 15) is 43.7 Å². The first-order valence-corrected chi connectivity index (χ1v) is 20.0. The van der Waals surface area contributed by atoms with Gasteiger partial charge in [-0.1, -0.05) is 13.8 Å². The summed E-state index contributed by atoms with van der Waals surface area (Å²) in [5.74, 6) is -4.89. The maximum atomic E-state index is 15.3. The van der Waals surface area contributed by atoms with Crippen molar-refractivity contribution in [2.24, 2.45) is 7.05 Å². The fourth-order valence-electron chi connectivity index (χ4n) is 6.40. The molecule has 6 N–H and O–H groups in total. The Morgan fingerprint density at radius 1 is 0.935 bits per heavy atom. The fourth-order valence-corrected chi connectivity index (χ4v) is 6.85. The second-order valence-corrected chi connectivity index (χ2v) is 15.6. The molecular formula is C41H40F2IN9O9. The third-order valence-electron chi connectivity index (χ3n) is 9.61. The number of nitrogens with one attached hydrogen (secondary N) is 3. The number of ether oxygens (including phenoxy) is 1. The van der Waals surface area contributed by atoms with Crippen LogP contribution in [-0.4, -0.2) is 87.3 Å². The first kappa shape index (κ1) is 44.8. The molecular weight excluding hydrogens is 927 g/mol. The summed E-state index contributed by atoms with van der Waals surface area (Å²) in [6.07, 6.45) is -0.484.